The fraction of sp³-hybridized carbons (Fsp3) is 1.00. The predicted octanol–water partition coefficient (Wildman–Crippen LogP) is 5.45. The Morgan fingerprint density at radius 2 is 0.893 bits per heavy atom. The Balaban J connectivity index is 3.28. The zero-order valence-corrected chi connectivity index (χ0v) is 19.0. The van der Waals surface area contributed by atoms with Crippen molar-refractivity contribution in [3.05, 3.63) is 5.21 Å². The zero-order valence-electron chi connectivity index (χ0n) is 19.0. The van der Waals surface area contributed by atoms with Crippen molar-refractivity contribution >= 4 is 0 Å². The molecule has 0 aliphatic rings. The maximum atomic E-state index is 10.2. The van der Waals surface area contributed by atoms with E-state index in [0.29, 0.717) is 5.92 Å². The van der Waals surface area contributed by atoms with Gasteiger partial charge in [0.15, 0.2) is 0 Å². The molecular weight excluding hydrogens is 350 g/mol. The quantitative estimate of drug-likeness (QED) is 0.167. The fourth-order valence-corrected chi connectivity index (χ4v) is 4.26. The van der Waals surface area contributed by atoms with Crippen LogP contribution < -0.4 is 5.48 Å². The molecule has 4 nitrogen and oxygen atoms in total. The number of aliphatic hydroxyl groups is 2. The number of aliphatic hydroxyl groups excluding tert-OH is 2. The van der Waals surface area contributed by atoms with Gasteiger partial charge in [-0.15, -0.1) is 0 Å². The molecule has 0 spiro atoms. The number of rotatable bonds is 22. The lowest BCUT2D eigenvalue weighted by molar-refractivity contribution is -0.589. The second-order valence-electron chi connectivity index (χ2n) is 9.08. The molecule has 0 bridgehead atoms. The van der Waals surface area contributed by atoms with E-state index in [9.17, 15) is 15.4 Å². The molecule has 4 N–H and O–H groups in total. The van der Waals surface area contributed by atoms with Gasteiger partial charge in [0.25, 0.3) is 0 Å². The van der Waals surface area contributed by atoms with Crippen molar-refractivity contribution < 1.29 is 15.7 Å². The molecule has 2 atom stereocenters. The SMILES string of the molecule is CC(O)CC(CCCCCCCCCCCCCCCCC[NH2+][O-])CC(C)O. The number of quaternary nitrogens is 1. The second kappa shape index (κ2) is 21.5. The molecule has 170 valence electrons. The summed E-state index contributed by atoms with van der Waals surface area (Å²) in [6.45, 7) is 4.45. The molecular formula is C24H51NO3. The highest BCUT2D eigenvalue weighted by Gasteiger charge is 2.14. The van der Waals surface area contributed by atoms with Gasteiger partial charge in [0.05, 0.1) is 18.8 Å². The van der Waals surface area contributed by atoms with E-state index in [4.69, 9.17) is 0 Å². The molecule has 0 radical (unpaired) electrons. The molecule has 0 amide bonds. The van der Waals surface area contributed by atoms with Crippen LogP contribution in [0.2, 0.25) is 0 Å². The van der Waals surface area contributed by atoms with Gasteiger partial charge in [0, 0.05) is 0 Å². The monoisotopic (exact) mass is 401 g/mol. The van der Waals surface area contributed by atoms with E-state index in [1.165, 1.54) is 89.9 Å². The molecule has 2 unspecified atom stereocenters. The van der Waals surface area contributed by atoms with Gasteiger partial charge in [0.2, 0.25) is 0 Å². The molecule has 0 aliphatic carbocycles. The Bertz CT molecular complexity index is 288. The van der Waals surface area contributed by atoms with Gasteiger partial charge >= 0.3 is 0 Å². The Morgan fingerprint density at radius 1 is 0.571 bits per heavy atom. The van der Waals surface area contributed by atoms with Crippen LogP contribution in [0.4, 0.5) is 0 Å². The van der Waals surface area contributed by atoms with Gasteiger partial charge in [-0.05, 0) is 45.4 Å². The third-order valence-electron chi connectivity index (χ3n) is 5.78. The second-order valence-corrected chi connectivity index (χ2v) is 9.08. The van der Waals surface area contributed by atoms with Crippen LogP contribution in [0.25, 0.3) is 0 Å². The number of hydroxylamine groups is 1. The Labute approximate surface area is 175 Å². The molecule has 0 saturated heterocycles. The topological polar surface area (TPSA) is 80.1 Å². The van der Waals surface area contributed by atoms with Crippen LogP contribution in [0.5, 0.6) is 0 Å². The van der Waals surface area contributed by atoms with Crippen molar-refractivity contribution in [1.29, 1.82) is 0 Å². The van der Waals surface area contributed by atoms with E-state index < -0.39 is 0 Å². The zero-order chi connectivity index (χ0) is 20.9. The van der Waals surface area contributed by atoms with E-state index >= 15 is 0 Å². The molecule has 0 aliphatic heterocycles. The van der Waals surface area contributed by atoms with Gasteiger partial charge in [-0.3, -0.25) is 0 Å². The van der Waals surface area contributed by atoms with E-state index in [1.54, 1.807) is 0 Å². The largest absolute Gasteiger partial charge is 0.636 e. The average Bonchev–Trinajstić information content (AvgIpc) is 2.63. The van der Waals surface area contributed by atoms with Gasteiger partial charge in [-0.25, -0.2) is 0 Å². The third-order valence-corrected chi connectivity index (χ3v) is 5.78. The Kier molecular flexibility index (Phi) is 21.4. The smallest absolute Gasteiger partial charge is 0.0752 e. The molecule has 0 heterocycles. The number of nitrogens with two attached hydrogens (primary N) is 1. The first kappa shape index (κ1) is 27.8. The van der Waals surface area contributed by atoms with Crippen LogP contribution in [-0.2, 0) is 0 Å². The summed E-state index contributed by atoms with van der Waals surface area (Å²) in [7, 11) is 0. The molecule has 0 aromatic carbocycles. The summed E-state index contributed by atoms with van der Waals surface area (Å²) in [4.78, 5) is 0. The summed E-state index contributed by atoms with van der Waals surface area (Å²) in [5, 5.41) is 29.4. The first-order valence-corrected chi connectivity index (χ1v) is 12.4. The van der Waals surface area contributed by atoms with Crippen molar-refractivity contribution in [1.82, 2.24) is 0 Å². The summed E-state index contributed by atoms with van der Waals surface area (Å²) in [6, 6.07) is 0. The van der Waals surface area contributed by atoms with Gasteiger partial charge in [-0.1, -0.05) is 89.9 Å². The molecule has 0 aromatic rings. The van der Waals surface area contributed by atoms with E-state index in [1.807, 2.05) is 13.8 Å². The minimum Gasteiger partial charge on any atom is -0.636 e. The number of hydrogen-bond donors (Lipinski definition) is 3. The van der Waals surface area contributed by atoms with Crippen molar-refractivity contribution in [3.8, 4) is 0 Å². The standard InChI is InChI=1S/C24H51NO3/c1-22(26)20-24(21-23(2)27)18-16-14-12-10-8-6-4-3-5-7-9-11-13-15-17-19-25-28/h22-24,26-27H,3-21,25H2,1-2H3. The fourth-order valence-electron chi connectivity index (χ4n) is 4.26. The Morgan fingerprint density at radius 3 is 1.21 bits per heavy atom. The number of unbranched alkanes of at least 4 members (excludes halogenated alkanes) is 14. The lowest BCUT2D eigenvalue weighted by Crippen LogP contribution is -2.77. The Hall–Kier alpha value is -0.160. The predicted molar refractivity (Wildman–Crippen MR) is 120 cm³/mol. The highest BCUT2D eigenvalue weighted by molar-refractivity contribution is 4.66. The van der Waals surface area contributed by atoms with Crippen LogP contribution >= 0.6 is 0 Å². The first-order valence-electron chi connectivity index (χ1n) is 12.4. The van der Waals surface area contributed by atoms with Crippen LogP contribution in [-0.4, -0.2) is 29.0 Å². The van der Waals surface area contributed by atoms with Crippen LogP contribution in [0.15, 0.2) is 0 Å². The summed E-state index contributed by atoms with van der Waals surface area (Å²) >= 11 is 0. The summed E-state index contributed by atoms with van der Waals surface area (Å²) in [5.41, 5.74) is 1.04. The van der Waals surface area contributed by atoms with Crippen LogP contribution in [0, 0.1) is 11.1 Å². The average molecular weight is 402 g/mol. The van der Waals surface area contributed by atoms with Gasteiger partial charge < -0.3 is 20.9 Å². The lowest BCUT2D eigenvalue weighted by atomic mass is 9.90. The van der Waals surface area contributed by atoms with Crippen molar-refractivity contribution in [2.45, 2.75) is 142 Å². The maximum Gasteiger partial charge on any atom is 0.0752 e. The molecule has 0 aromatic heterocycles. The third kappa shape index (κ3) is 22.1. The van der Waals surface area contributed by atoms with E-state index in [0.717, 1.165) is 37.7 Å². The molecule has 0 rings (SSSR count). The minimum atomic E-state index is -0.253. The maximum absolute atomic E-state index is 10.2. The summed E-state index contributed by atoms with van der Waals surface area (Å²) < 4.78 is 0. The molecule has 0 saturated carbocycles. The lowest BCUT2D eigenvalue weighted by Gasteiger charge is -2.19. The van der Waals surface area contributed by atoms with Gasteiger partial charge in [-0.2, -0.15) is 0 Å². The van der Waals surface area contributed by atoms with E-state index in [-0.39, 0.29) is 12.2 Å². The van der Waals surface area contributed by atoms with Crippen molar-refractivity contribution in [3.63, 3.8) is 0 Å². The van der Waals surface area contributed by atoms with Crippen LogP contribution in [0.3, 0.4) is 0 Å². The summed E-state index contributed by atoms with van der Waals surface area (Å²) in [5.74, 6) is 0.469. The van der Waals surface area contributed by atoms with Crippen LogP contribution in [0.1, 0.15) is 129 Å². The molecule has 28 heavy (non-hydrogen) atoms. The minimum absolute atomic E-state index is 0.253. The van der Waals surface area contributed by atoms with Crippen molar-refractivity contribution in [2.75, 3.05) is 6.54 Å². The highest BCUT2D eigenvalue weighted by atomic mass is 16.5. The number of hydrogen-bond acceptors (Lipinski definition) is 3. The molecule has 0 fully saturated rings. The normalized spacial score (nSPS) is 14.9. The van der Waals surface area contributed by atoms with Crippen molar-refractivity contribution in [2.24, 2.45) is 5.92 Å². The van der Waals surface area contributed by atoms with Gasteiger partial charge in [0.1, 0.15) is 0 Å². The highest BCUT2D eigenvalue weighted by Crippen LogP contribution is 2.22. The van der Waals surface area contributed by atoms with E-state index in [2.05, 4.69) is 0 Å². The summed E-state index contributed by atoms with van der Waals surface area (Å²) in [6.07, 6.45) is 22.1. The first-order chi connectivity index (χ1) is 13.6. The molecule has 4 heteroatoms.